The van der Waals surface area contributed by atoms with Gasteiger partial charge in [-0.15, -0.1) is 0 Å². The smallest absolute Gasteiger partial charge is 0.144 e. The van der Waals surface area contributed by atoms with E-state index in [2.05, 4.69) is 6.07 Å². The lowest BCUT2D eigenvalue weighted by molar-refractivity contribution is 0.342. The quantitative estimate of drug-likeness (QED) is 0.818. The molecular formula is C13H13N3O. The third kappa shape index (κ3) is 1.95. The fourth-order valence-electron chi connectivity index (χ4n) is 1.71. The number of nitrogens with zero attached hydrogens (tertiary/aromatic N) is 2. The molecule has 86 valence electrons. The highest BCUT2D eigenvalue weighted by Gasteiger charge is 2.09. The molecule has 2 aromatic rings. The summed E-state index contributed by atoms with van der Waals surface area (Å²) in [5, 5.41) is 8.99. The molecule has 0 radical (unpaired) electrons. The number of hydrogen-bond acceptors (Lipinski definition) is 3. The Labute approximate surface area is 99.8 Å². The standard InChI is InChI=1S/C13H13N3O/c1-2-17-12-7-3-6-11(13(12)15)16-8-4-5-10(16)9-14/h3-8H,2,15H2,1H3. The minimum atomic E-state index is 0.544. The van der Waals surface area contributed by atoms with Crippen LogP contribution in [0.5, 0.6) is 5.75 Å². The molecule has 1 aromatic carbocycles. The van der Waals surface area contributed by atoms with Crippen LogP contribution in [0.3, 0.4) is 0 Å². The summed E-state index contributed by atoms with van der Waals surface area (Å²) in [4.78, 5) is 0. The van der Waals surface area contributed by atoms with E-state index in [0.29, 0.717) is 23.7 Å². The van der Waals surface area contributed by atoms with Crippen LogP contribution in [0.1, 0.15) is 12.6 Å². The van der Waals surface area contributed by atoms with Crippen LogP contribution in [0, 0.1) is 11.3 Å². The van der Waals surface area contributed by atoms with Crippen LogP contribution in [0.4, 0.5) is 5.69 Å². The summed E-state index contributed by atoms with van der Waals surface area (Å²) in [7, 11) is 0. The highest BCUT2D eigenvalue weighted by Crippen LogP contribution is 2.29. The molecule has 1 aromatic heterocycles. The van der Waals surface area contributed by atoms with Gasteiger partial charge in [-0.3, -0.25) is 0 Å². The Bertz CT molecular complexity index is 566. The Hall–Kier alpha value is -2.41. The second kappa shape index (κ2) is 4.62. The zero-order chi connectivity index (χ0) is 12.3. The molecule has 0 amide bonds. The highest BCUT2D eigenvalue weighted by molar-refractivity contribution is 5.67. The van der Waals surface area contributed by atoms with Crippen molar-refractivity contribution in [3.63, 3.8) is 0 Å². The second-order valence-electron chi connectivity index (χ2n) is 3.50. The van der Waals surface area contributed by atoms with E-state index in [-0.39, 0.29) is 0 Å². The fraction of sp³-hybridized carbons (Fsp3) is 0.154. The Morgan fingerprint density at radius 2 is 2.18 bits per heavy atom. The van der Waals surface area contributed by atoms with Gasteiger partial charge in [0.05, 0.1) is 18.0 Å². The second-order valence-corrected chi connectivity index (χ2v) is 3.50. The summed E-state index contributed by atoms with van der Waals surface area (Å²) >= 11 is 0. The average molecular weight is 227 g/mol. The fourth-order valence-corrected chi connectivity index (χ4v) is 1.71. The van der Waals surface area contributed by atoms with Crippen molar-refractivity contribution in [3.8, 4) is 17.5 Å². The van der Waals surface area contributed by atoms with Crippen LogP contribution >= 0.6 is 0 Å². The van der Waals surface area contributed by atoms with Gasteiger partial charge in [0, 0.05) is 6.20 Å². The maximum atomic E-state index is 8.99. The summed E-state index contributed by atoms with van der Waals surface area (Å²) in [6, 6.07) is 11.2. The number of nitrogen functional groups attached to an aromatic ring is 1. The van der Waals surface area contributed by atoms with Gasteiger partial charge in [-0.2, -0.15) is 5.26 Å². The molecule has 1 heterocycles. The van der Waals surface area contributed by atoms with Crippen LogP contribution in [0.2, 0.25) is 0 Å². The first-order chi connectivity index (χ1) is 8.27. The van der Waals surface area contributed by atoms with Gasteiger partial charge in [-0.05, 0) is 31.2 Å². The Balaban J connectivity index is 2.53. The van der Waals surface area contributed by atoms with E-state index in [9.17, 15) is 0 Å². The van der Waals surface area contributed by atoms with E-state index in [4.69, 9.17) is 15.7 Å². The van der Waals surface area contributed by atoms with Gasteiger partial charge in [0.1, 0.15) is 17.5 Å². The minimum absolute atomic E-state index is 0.544. The van der Waals surface area contributed by atoms with Crippen molar-refractivity contribution in [3.05, 3.63) is 42.2 Å². The van der Waals surface area contributed by atoms with E-state index in [1.807, 2.05) is 31.2 Å². The molecule has 2 N–H and O–H groups in total. The lowest BCUT2D eigenvalue weighted by atomic mass is 10.2. The molecule has 0 bridgehead atoms. The lowest BCUT2D eigenvalue weighted by Gasteiger charge is -2.12. The van der Waals surface area contributed by atoms with E-state index in [1.165, 1.54) is 0 Å². The van der Waals surface area contributed by atoms with E-state index in [1.54, 1.807) is 16.8 Å². The third-order valence-electron chi connectivity index (χ3n) is 2.47. The zero-order valence-electron chi connectivity index (χ0n) is 9.55. The molecule has 0 aliphatic heterocycles. The van der Waals surface area contributed by atoms with E-state index in [0.717, 1.165) is 5.69 Å². The van der Waals surface area contributed by atoms with Crippen LogP contribution in [0.25, 0.3) is 5.69 Å². The summed E-state index contributed by atoms with van der Waals surface area (Å²) < 4.78 is 7.18. The molecule has 0 unspecified atom stereocenters. The van der Waals surface area contributed by atoms with Crippen molar-refractivity contribution in [2.45, 2.75) is 6.92 Å². The molecule has 0 atom stereocenters. The average Bonchev–Trinajstić information content (AvgIpc) is 2.80. The molecule has 0 aliphatic rings. The summed E-state index contributed by atoms with van der Waals surface area (Å²) in [6.45, 7) is 2.47. The van der Waals surface area contributed by atoms with Gasteiger partial charge in [-0.1, -0.05) is 6.07 Å². The van der Waals surface area contributed by atoms with Crippen molar-refractivity contribution < 1.29 is 4.74 Å². The summed E-state index contributed by atoms with van der Waals surface area (Å²) in [5.41, 5.74) is 7.88. The normalized spacial score (nSPS) is 9.88. The largest absolute Gasteiger partial charge is 0.492 e. The Morgan fingerprint density at radius 1 is 1.35 bits per heavy atom. The third-order valence-corrected chi connectivity index (χ3v) is 2.47. The summed E-state index contributed by atoms with van der Waals surface area (Å²) in [6.07, 6.45) is 1.81. The van der Waals surface area contributed by atoms with Gasteiger partial charge < -0.3 is 15.0 Å². The zero-order valence-corrected chi connectivity index (χ0v) is 9.55. The minimum Gasteiger partial charge on any atom is -0.492 e. The first-order valence-electron chi connectivity index (χ1n) is 5.37. The molecule has 0 aliphatic carbocycles. The molecule has 0 fully saturated rings. The maximum Gasteiger partial charge on any atom is 0.144 e. The van der Waals surface area contributed by atoms with Gasteiger partial charge in [-0.25, -0.2) is 0 Å². The first-order valence-corrected chi connectivity index (χ1v) is 5.37. The number of anilines is 1. The predicted molar refractivity (Wildman–Crippen MR) is 66.1 cm³/mol. The number of hydrogen-bond donors (Lipinski definition) is 1. The van der Waals surface area contributed by atoms with Crippen molar-refractivity contribution >= 4 is 5.69 Å². The summed E-state index contributed by atoms with van der Waals surface area (Å²) in [5.74, 6) is 0.641. The Morgan fingerprint density at radius 3 is 2.88 bits per heavy atom. The Kier molecular flexibility index (Phi) is 3.01. The molecule has 0 saturated heterocycles. The molecule has 4 heteroatoms. The number of nitrogens with two attached hydrogens (primary N) is 1. The van der Waals surface area contributed by atoms with Gasteiger partial charge in [0.2, 0.25) is 0 Å². The lowest BCUT2D eigenvalue weighted by Crippen LogP contribution is -2.03. The first kappa shape index (κ1) is 11.1. The number of benzene rings is 1. The van der Waals surface area contributed by atoms with Gasteiger partial charge in [0.15, 0.2) is 0 Å². The van der Waals surface area contributed by atoms with E-state index >= 15 is 0 Å². The number of nitriles is 1. The van der Waals surface area contributed by atoms with Crippen molar-refractivity contribution in [2.24, 2.45) is 0 Å². The highest BCUT2D eigenvalue weighted by atomic mass is 16.5. The van der Waals surface area contributed by atoms with E-state index < -0.39 is 0 Å². The molecule has 17 heavy (non-hydrogen) atoms. The molecule has 0 spiro atoms. The van der Waals surface area contributed by atoms with Crippen LogP contribution in [-0.4, -0.2) is 11.2 Å². The maximum absolute atomic E-state index is 8.99. The number of ether oxygens (including phenoxy) is 1. The molecule has 4 nitrogen and oxygen atoms in total. The molecule has 2 rings (SSSR count). The topological polar surface area (TPSA) is 64.0 Å². The van der Waals surface area contributed by atoms with Crippen molar-refractivity contribution in [2.75, 3.05) is 12.3 Å². The van der Waals surface area contributed by atoms with Gasteiger partial charge >= 0.3 is 0 Å². The number of aromatic nitrogens is 1. The monoisotopic (exact) mass is 227 g/mol. The number of para-hydroxylation sites is 1. The van der Waals surface area contributed by atoms with Crippen LogP contribution < -0.4 is 10.5 Å². The van der Waals surface area contributed by atoms with Crippen molar-refractivity contribution in [1.29, 1.82) is 5.26 Å². The molecule has 0 saturated carbocycles. The number of rotatable bonds is 3. The van der Waals surface area contributed by atoms with Crippen LogP contribution in [-0.2, 0) is 0 Å². The SMILES string of the molecule is CCOc1cccc(-n2cccc2C#N)c1N. The van der Waals surface area contributed by atoms with Gasteiger partial charge in [0.25, 0.3) is 0 Å². The predicted octanol–water partition coefficient (Wildman–Crippen LogP) is 2.33. The molecular weight excluding hydrogens is 214 g/mol. The van der Waals surface area contributed by atoms with Crippen molar-refractivity contribution in [1.82, 2.24) is 4.57 Å². The van der Waals surface area contributed by atoms with Crippen LogP contribution in [0.15, 0.2) is 36.5 Å².